The van der Waals surface area contributed by atoms with E-state index < -0.39 is 11.9 Å². The molecule has 0 aliphatic carbocycles. The maximum atomic E-state index is 13.1. The van der Waals surface area contributed by atoms with Crippen LogP contribution < -0.4 is 10.1 Å². The molecule has 2 aliphatic heterocycles. The average molecular weight is 446 g/mol. The zero-order chi connectivity index (χ0) is 22.0. The first-order valence-electron chi connectivity index (χ1n) is 10.4. The lowest BCUT2D eigenvalue weighted by Gasteiger charge is -2.28. The van der Waals surface area contributed by atoms with Gasteiger partial charge in [-0.05, 0) is 54.9 Å². The lowest BCUT2D eigenvalue weighted by Crippen LogP contribution is -2.44. The van der Waals surface area contributed by atoms with Crippen LogP contribution in [0.25, 0.3) is 0 Å². The van der Waals surface area contributed by atoms with E-state index in [2.05, 4.69) is 5.32 Å². The molecule has 2 aliphatic rings. The van der Waals surface area contributed by atoms with Gasteiger partial charge in [0.25, 0.3) is 0 Å². The Morgan fingerprint density at radius 2 is 1.84 bits per heavy atom. The van der Waals surface area contributed by atoms with Crippen LogP contribution in [0.15, 0.2) is 48.5 Å². The van der Waals surface area contributed by atoms with E-state index in [9.17, 15) is 14.0 Å². The highest BCUT2D eigenvalue weighted by Gasteiger charge is 2.42. The van der Waals surface area contributed by atoms with E-state index in [1.807, 2.05) is 29.2 Å². The third-order valence-corrected chi connectivity index (χ3v) is 6.36. The second-order valence-electron chi connectivity index (χ2n) is 8.09. The minimum absolute atomic E-state index is 0.0268. The quantitative estimate of drug-likeness (QED) is 0.782. The zero-order valence-corrected chi connectivity index (χ0v) is 18.0. The van der Waals surface area contributed by atoms with Gasteiger partial charge in [-0.3, -0.25) is 4.79 Å². The van der Waals surface area contributed by atoms with Gasteiger partial charge < -0.3 is 19.9 Å². The van der Waals surface area contributed by atoms with Gasteiger partial charge in [0, 0.05) is 37.6 Å². The fourth-order valence-electron chi connectivity index (χ4n) is 4.33. The van der Waals surface area contributed by atoms with Crippen LogP contribution >= 0.6 is 11.6 Å². The Hall–Kier alpha value is -2.64. The number of benzene rings is 2. The molecule has 8 heteroatoms. The number of likely N-dealkylation sites (N-methyl/N-ethyl adjacent to an activating group) is 1. The van der Waals surface area contributed by atoms with Crippen LogP contribution in [-0.4, -0.2) is 61.1 Å². The van der Waals surface area contributed by atoms with E-state index in [0.29, 0.717) is 24.7 Å². The predicted octanol–water partition coefficient (Wildman–Crippen LogP) is 3.51. The molecule has 0 spiro atoms. The van der Waals surface area contributed by atoms with Gasteiger partial charge in [-0.15, -0.1) is 0 Å². The molecule has 1 N–H and O–H groups in total. The molecule has 6 nitrogen and oxygen atoms in total. The van der Waals surface area contributed by atoms with E-state index in [1.165, 1.54) is 29.2 Å². The standard InChI is InChI=1S/C23H25ClFN3O3/c1-27(23(30)31-19-8-6-18(25)7-9-19)21-14-28(22(29)16-10-11-26-12-16)13-20(21)15-2-4-17(24)5-3-15/h2-9,16,20-21,26H,10-14H2,1H3/t16?,20?,21-/m1/s1. The zero-order valence-electron chi connectivity index (χ0n) is 17.3. The van der Waals surface area contributed by atoms with Crippen LogP contribution in [0.3, 0.4) is 0 Å². The number of rotatable bonds is 4. The van der Waals surface area contributed by atoms with Gasteiger partial charge in [0.1, 0.15) is 11.6 Å². The van der Waals surface area contributed by atoms with Gasteiger partial charge >= 0.3 is 6.09 Å². The van der Waals surface area contributed by atoms with Crippen LogP contribution in [0.5, 0.6) is 5.75 Å². The van der Waals surface area contributed by atoms with Gasteiger partial charge in [0.2, 0.25) is 5.91 Å². The third kappa shape index (κ3) is 4.83. The van der Waals surface area contributed by atoms with Crippen LogP contribution in [0.1, 0.15) is 17.9 Å². The highest BCUT2D eigenvalue weighted by molar-refractivity contribution is 6.30. The van der Waals surface area contributed by atoms with Crippen LogP contribution in [0, 0.1) is 11.7 Å². The molecule has 2 aromatic rings. The first-order chi connectivity index (χ1) is 14.9. The normalized spacial score (nSPS) is 23.1. The van der Waals surface area contributed by atoms with Gasteiger partial charge in [-0.2, -0.15) is 0 Å². The topological polar surface area (TPSA) is 61.9 Å². The monoisotopic (exact) mass is 445 g/mol. The van der Waals surface area contributed by atoms with Crippen LogP contribution in [0.2, 0.25) is 5.02 Å². The van der Waals surface area contributed by atoms with Crippen molar-refractivity contribution in [1.29, 1.82) is 0 Å². The Kier molecular flexibility index (Phi) is 6.43. The molecular weight excluding hydrogens is 421 g/mol. The average Bonchev–Trinajstić information content (AvgIpc) is 3.45. The minimum atomic E-state index is -0.549. The van der Waals surface area contributed by atoms with Crippen molar-refractivity contribution in [3.8, 4) is 5.75 Å². The Morgan fingerprint density at radius 1 is 1.13 bits per heavy atom. The second kappa shape index (κ2) is 9.24. The van der Waals surface area contributed by atoms with Gasteiger partial charge in [-0.1, -0.05) is 23.7 Å². The van der Waals surface area contributed by atoms with Crippen molar-refractivity contribution in [3.05, 3.63) is 64.9 Å². The largest absolute Gasteiger partial charge is 0.415 e. The molecule has 2 fully saturated rings. The molecule has 0 saturated carbocycles. The number of nitrogens with one attached hydrogen (secondary N) is 1. The summed E-state index contributed by atoms with van der Waals surface area (Å²) in [7, 11) is 1.67. The highest BCUT2D eigenvalue weighted by Crippen LogP contribution is 2.33. The van der Waals surface area contributed by atoms with Gasteiger partial charge in [-0.25, -0.2) is 9.18 Å². The van der Waals surface area contributed by atoms with Crippen molar-refractivity contribution in [3.63, 3.8) is 0 Å². The van der Waals surface area contributed by atoms with E-state index in [0.717, 1.165) is 18.5 Å². The summed E-state index contributed by atoms with van der Waals surface area (Å²) in [5, 5.41) is 3.87. The van der Waals surface area contributed by atoms with E-state index in [4.69, 9.17) is 16.3 Å². The molecule has 2 heterocycles. The van der Waals surface area contributed by atoms with Crippen molar-refractivity contribution in [1.82, 2.24) is 15.1 Å². The smallest absolute Gasteiger partial charge is 0.410 e. The fourth-order valence-corrected chi connectivity index (χ4v) is 4.46. The number of halogens is 2. The molecule has 0 aromatic heterocycles. The summed E-state index contributed by atoms with van der Waals surface area (Å²) < 4.78 is 18.6. The third-order valence-electron chi connectivity index (χ3n) is 6.11. The molecule has 2 unspecified atom stereocenters. The summed E-state index contributed by atoms with van der Waals surface area (Å²) >= 11 is 6.05. The number of likely N-dealkylation sites (tertiary alicyclic amines) is 1. The maximum Gasteiger partial charge on any atom is 0.415 e. The Balaban J connectivity index is 1.53. The summed E-state index contributed by atoms with van der Waals surface area (Å²) in [6.45, 7) is 2.49. The number of amides is 2. The van der Waals surface area contributed by atoms with Crippen molar-refractivity contribution >= 4 is 23.6 Å². The number of ether oxygens (including phenoxy) is 1. The number of nitrogens with zero attached hydrogens (tertiary/aromatic N) is 2. The Bertz CT molecular complexity index is 932. The van der Waals surface area contributed by atoms with Crippen molar-refractivity contribution in [2.24, 2.45) is 5.92 Å². The number of hydrogen-bond acceptors (Lipinski definition) is 4. The molecule has 164 valence electrons. The Labute approximate surface area is 185 Å². The van der Waals surface area contributed by atoms with Crippen molar-refractivity contribution < 1.29 is 18.7 Å². The predicted molar refractivity (Wildman–Crippen MR) is 116 cm³/mol. The number of carbonyl (C=O) groups is 2. The molecular formula is C23H25ClFN3O3. The van der Waals surface area contributed by atoms with Crippen LogP contribution in [-0.2, 0) is 4.79 Å². The lowest BCUT2D eigenvalue weighted by molar-refractivity contribution is -0.134. The lowest BCUT2D eigenvalue weighted by atomic mass is 9.93. The fraction of sp³-hybridized carbons (Fsp3) is 0.391. The SMILES string of the molecule is CN(C(=O)Oc1ccc(F)cc1)[C@@H]1CN(C(=O)C2CCNC2)CC1c1ccc(Cl)cc1. The summed E-state index contributed by atoms with van der Waals surface area (Å²) in [6.07, 6.45) is 0.279. The van der Waals surface area contributed by atoms with E-state index in [1.54, 1.807) is 7.05 Å². The summed E-state index contributed by atoms with van der Waals surface area (Å²) in [4.78, 5) is 29.2. The molecule has 3 atom stereocenters. The van der Waals surface area contributed by atoms with E-state index >= 15 is 0 Å². The van der Waals surface area contributed by atoms with E-state index in [-0.39, 0.29) is 29.5 Å². The van der Waals surface area contributed by atoms with Crippen LogP contribution in [0.4, 0.5) is 9.18 Å². The minimum Gasteiger partial charge on any atom is -0.410 e. The molecule has 2 saturated heterocycles. The van der Waals surface area contributed by atoms with Crippen molar-refractivity contribution in [2.45, 2.75) is 18.4 Å². The first kappa shape index (κ1) is 21.6. The molecule has 0 radical (unpaired) electrons. The summed E-state index contributed by atoms with van der Waals surface area (Å²) in [5.74, 6) is -0.110. The highest BCUT2D eigenvalue weighted by atomic mass is 35.5. The molecule has 31 heavy (non-hydrogen) atoms. The maximum absolute atomic E-state index is 13.1. The second-order valence-corrected chi connectivity index (χ2v) is 8.53. The van der Waals surface area contributed by atoms with Crippen molar-refractivity contribution in [2.75, 3.05) is 33.2 Å². The summed E-state index contributed by atoms with van der Waals surface area (Å²) in [6, 6.07) is 12.5. The number of hydrogen-bond donors (Lipinski definition) is 1. The summed E-state index contributed by atoms with van der Waals surface area (Å²) in [5.41, 5.74) is 1.01. The molecule has 2 aromatic carbocycles. The Morgan fingerprint density at radius 3 is 2.48 bits per heavy atom. The molecule has 0 bridgehead atoms. The first-order valence-corrected chi connectivity index (χ1v) is 10.8. The number of carbonyl (C=O) groups excluding carboxylic acids is 2. The van der Waals surface area contributed by atoms with Gasteiger partial charge in [0.15, 0.2) is 0 Å². The molecule has 4 rings (SSSR count). The van der Waals surface area contributed by atoms with Gasteiger partial charge in [0.05, 0.1) is 12.0 Å². The molecule has 2 amide bonds.